The Labute approximate surface area is 201 Å². The molecule has 3 heterocycles. The first-order valence-corrected chi connectivity index (χ1v) is 11.8. The number of nitrogens with zero attached hydrogens (tertiary/aromatic N) is 3. The van der Waals surface area contributed by atoms with Gasteiger partial charge in [0.25, 0.3) is 11.8 Å². The summed E-state index contributed by atoms with van der Waals surface area (Å²) >= 11 is 5.78. The standard InChI is InChI=1S/C24H28ClFN4O4/c1-14(2)11-28-8-3-4-9-30-18(28)13-29-12-16(21(31)22(32)20(29)24(30)34)23(33)27-10-15-6-5-7-17(25)19(15)26/h5-7,12,14,18,32H,3-4,8-11,13H2,1-2H3,(H,27,33). The molecule has 2 aliphatic rings. The van der Waals surface area contributed by atoms with Crippen molar-refractivity contribution < 1.29 is 19.1 Å². The van der Waals surface area contributed by atoms with E-state index in [1.54, 1.807) is 11.0 Å². The van der Waals surface area contributed by atoms with Crippen molar-refractivity contribution in [2.75, 3.05) is 19.6 Å². The van der Waals surface area contributed by atoms with E-state index >= 15 is 0 Å². The Morgan fingerprint density at radius 1 is 1.26 bits per heavy atom. The van der Waals surface area contributed by atoms with E-state index in [4.69, 9.17) is 11.6 Å². The molecule has 1 aromatic heterocycles. The summed E-state index contributed by atoms with van der Waals surface area (Å²) in [6.07, 6.45) is 2.86. The molecule has 1 atom stereocenters. The lowest BCUT2D eigenvalue weighted by atomic mass is 10.1. The van der Waals surface area contributed by atoms with Crippen LogP contribution in [-0.2, 0) is 13.1 Å². The van der Waals surface area contributed by atoms with Crippen LogP contribution in [0.2, 0.25) is 5.02 Å². The van der Waals surface area contributed by atoms with Crippen LogP contribution >= 0.6 is 11.6 Å². The second-order valence-electron chi connectivity index (χ2n) is 9.19. The Morgan fingerprint density at radius 3 is 2.74 bits per heavy atom. The fourth-order valence-corrected chi connectivity index (χ4v) is 4.87. The average molecular weight is 491 g/mol. The van der Waals surface area contributed by atoms with Gasteiger partial charge in [0.05, 0.1) is 11.6 Å². The molecule has 0 radical (unpaired) electrons. The maximum absolute atomic E-state index is 14.1. The Bertz CT molecular complexity index is 1180. The summed E-state index contributed by atoms with van der Waals surface area (Å²) in [4.78, 5) is 42.9. The van der Waals surface area contributed by atoms with Crippen LogP contribution < -0.4 is 10.7 Å². The molecule has 8 nitrogen and oxygen atoms in total. The van der Waals surface area contributed by atoms with Crippen molar-refractivity contribution in [1.82, 2.24) is 19.7 Å². The maximum atomic E-state index is 14.1. The number of hydrogen-bond acceptors (Lipinski definition) is 5. The number of rotatable bonds is 5. The first-order chi connectivity index (χ1) is 16.2. The third-order valence-corrected chi connectivity index (χ3v) is 6.56. The number of carbonyl (C=O) groups excluding carboxylic acids is 2. The second-order valence-corrected chi connectivity index (χ2v) is 9.60. The lowest BCUT2D eigenvalue weighted by Gasteiger charge is -2.42. The van der Waals surface area contributed by atoms with E-state index in [-0.39, 0.29) is 34.6 Å². The lowest BCUT2D eigenvalue weighted by Crippen LogP contribution is -2.57. The molecule has 2 aliphatic heterocycles. The second kappa shape index (κ2) is 9.76. The van der Waals surface area contributed by atoms with Gasteiger partial charge in [-0.15, -0.1) is 0 Å². The Kier molecular flexibility index (Phi) is 6.95. The monoisotopic (exact) mass is 490 g/mol. The number of carbonyl (C=O) groups is 2. The summed E-state index contributed by atoms with van der Waals surface area (Å²) in [5.41, 5.74) is -1.19. The zero-order valence-corrected chi connectivity index (χ0v) is 19.9. The number of halogens is 2. The highest BCUT2D eigenvalue weighted by atomic mass is 35.5. The van der Waals surface area contributed by atoms with Crippen molar-refractivity contribution in [2.45, 2.75) is 45.9 Å². The van der Waals surface area contributed by atoms with Crippen molar-refractivity contribution in [3.63, 3.8) is 0 Å². The van der Waals surface area contributed by atoms with Crippen LogP contribution in [0.25, 0.3) is 0 Å². The summed E-state index contributed by atoms with van der Waals surface area (Å²) in [6, 6.07) is 4.42. The molecule has 0 aliphatic carbocycles. The van der Waals surface area contributed by atoms with Gasteiger partial charge in [0, 0.05) is 37.9 Å². The van der Waals surface area contributed by atoms with Crippen LogP contribution in [0.5, 0.6) is 5.75 Å². The van der Waals surface area contributed by atoms with E-state index < -0.39 is 28.8 Å². The topological polar surface area (TPSA) is 94.9 Å². The largest absolute Gasteiger partial charge is 0.503 e. The van der Waals surface area contributed by atoms with Gasteiger partial charge in [-0.1, -0.05) is 37.6 Å². The van der Waals surface area contributed by atoms with Crippen molar-refractivity contribution in [1.29, 1.82) is 0 Å². The van der Waals surface area contributed by atoms with Crippen molar-refractivity contribution in [3.05, 3.63) is 62.3 Å². The number of aromatic nitrogens is 1. The third kappa shape index (κ3) is 4.54. The molecule has 10 heteroatoms. The Balaban J connectivity index is 1.65. The highest BCUT2D eigenvalue weighted by molar-refractivity contribution is 6.30. The van der Waals surface area contributed by atoms with Crippen LogP contribution in [0.3, 0.4) is 0 Å². The SMILES string of the molecule is CC(C)CN1CCCCN2C(=O)c3c(O)c(=O)c(C(=O)NCc4cccc(Cl)c4F)cn3CC12. The molecule has 0 spiro atoms. The predicted octanol–water partition coefficient (Wildman–Crippen LogP) is 2.81. The van der Waals surface area contributed by atoms with Gasteiger partial charge in [-0.2, -0.15) is 0 Å². The summed E-state index contributed by atoms with van der Waals surface area (Å²) < 4.78 is 15.6. The molecule has 2 N–H and O–H groups in total. The van der Waals surface area contributed by atoms with Crippen molar-refractivity contribution in [3.8, 4) is 5.75 Å². The minimum Gasteiger partial charge on any atom is -0.503 e. The smallest absolute Gasteiger partial charge is 0.275 e. The molecular weight excluding hydrogens is 463 g/mol. The van der Waals surface area contributed by atoms with Crippen LogP contribution in [0.1, 0.15) is 53.1 Å². The zero-order valence-electron chi connectivity index (χ0n) is 19.2. The van der Waals surface area contributed by atoms with Gasteiger partial charge in [0.2, 0.25) is 5.43 Å². The number of hydrogen-bond donors (Lipinski definition) is 2. The maximum Gasteiger partial charge on any atom is 0.275 e. The fourth-order valence-electron chi connectivity index (χ4n) is 4.67. The number of aromatic hydroxyl groups is 1. The molecule has 1 unspecified atom stereocenters. The van der Waals surface area contributed by atoms with Gasteiger partial charge >= 0.3 is 0 Å². The predicted molar refractivity (Wildman–Crippen MR) is 125 cm³/mol. The van der Waals surface area contributed by atoms with E-state index in [0.717, 1.165) is 25.9 Å². The lowest BCUT2D eigenvalue weighted by molar-refractivity contribution is 0.0183. The first-order valence-electron chi connectivity index (χ1n) is 11.4. The summed E-state index contributed by atoms with van der Waals surface area (Å²) in [7, 11) is 0. The molecule has 1 fully saturated rings. The van der Waals surface area contributed by atoms with Crippen LogP contribution in [0.4, 0.5) is 4.39 Å². The number of fused-ring (bicyclic) bond motifs is 2. The first kappa shape index (κ1) is 24.2. The Hall–Kier alpha value is -2.91. The van der Waals surface area contributed by atoms with Gasteiger partial charge < -0.3 is 19.9 Å². The molecule has 182 valence electrons. The number of benzene rings is 1. The fraction of sp³-hybridized carbons (Fsp3) is 0.458. The van der Waals surface area contributed by atoms with E-state index in [1.807, 2.05) is 0 Å². The van der Waals surface area contributed by atoms with E-state index in [9.17, 15) is 23.9 Å². The third-order valence-electron chi connectivity index (χ3n) is 6.27. The van der Waals surface area contributed by atoms with Crippen molar-refractivity contribution >= 4 is 23.4 Å². The molecule has 4 rings (SSSR count). The molecule has 2 amide bonds. The van der Waals surface area contributed by atoms with Crippen molar-refractivity contribution in [2.24, 2.45) is 5.92 Å². The van der Waals surface area contributed by atoms with Crippen LogP contribution in [0, 0.1) is 11.7 Å². The molecule has 34 heavy (non-hydrogen) atoms. The molecule has 1 aromatic carbocycles. The zero-order chi connectivity index (χ0) is 24.6. The van der Waals surface area contributed by atoms with Gasteiger partial charge in [-0.25, -0.2) is 4.39 Å². The van der Waals surface area contributed by atoms with Gasteiger partial charge in [-0.05, 0) is 24.8 Å². The molecule has 0 saturated carbocycles. The van der Waals surface area contributed by atoms with E-state index in [2.05, 4.69) is 24.1 Å². The average Bonchev–Trinajstić information content (AvgIpc) is 2.99. The summed E-state index contributed by atoms with van der Waals surface area (Å²) in [5.74, 6) is -2.20. The highest BCUT2D eigenvalue weighted by Gasteiger charge is 2.39. The summed E-state index contributed by atoms with van der Waals surface area (Å²) in [6.45, 7) is 6.54. The van der Waals surface area contributed by atoms with Gasteiger partial charge in [-0.3, -0.25) is 19.3 Å². The van der Waals surface area contributed by atoms with E-state index in [1.165, 1.54) is 22.9 Å². The summed E-state index contributed by atoms with van der Waals surface area (Å²) in [5, 5.41) is 13.1. The number of pyridine rings is 1. The molecule has 0 bridgehead atoms. The highest BCUT2D eigenvalue weighted by Crippen LogP contribution is 2.28. The minimum absolute atomic E-state index is 0.0735. The van der Waals surface area contributed by atoms with Gasteiger partial charge in [0.15, 0.2) is 11.4 Å². The van der Waals surface area contributed by atoms with E-state index in [0.29, 0.717) is 19.0 Å². The number of nitrogens with one attached hydrogen (secondary N) is 1. The van der Waals surface area contributed by atoms with Crippen LogP contribution in [-0.4, -0.2) is 57.1 Å². The Morgan fingerprint density at radius 2 is 2.00 bits per heavy atom. The molecular formula is C24H28ClFN4O4. The molecule has 1 saturated heterocycles. The quantitative estimate of drug-likeness (QED) is 0.672. The number of amides is 2. The van der Waals surface area contributed by atoms with Gasteiger partial charge in [0.1, 0.15) is 17.5 Å². The van der Waals surface area contributed by atoms with Crippen LogP contribution in [0.15, 0.2) is 29.2 Å². The molecule has 2 aromatic rings. The minimum atomic E-state index is -0.934. The normalized spacial score (nSPS) is 18.4.